The third-order valence-corrected chi connectivity index (χ3v) is 5.50. The standard InChI is InChI=1S/C18H35NO2/c1-5-12-19-16(15-7-13-20-14-15)18(21-6-2)10-8-17(3,4)9-11-18/h15-16,19H,5-14H2,1-4H3. The maximum Gasteiger partial charge on any atom is 0.0838 e. The van der Waals surface area contributed by atoms with Crippen molar-refractivity contribution in [3.63, 3.8) is 0 Å². The Labute approximate surface area is 131 Å². The molecule has 0 radical (unpaired) electrons. The van der Waals surface area contributed by atoms with Crippen molar-refractivity contribution in [2.75, 3.05) is 26.4 Å². The summed E-state index contributed by atoms with van der Waals surface area (Å²) < 4.78 is 12.1. The Morgan fingerprint density at radius 1 is 1.19 bits per heavy atom. The molecule has 0 spiro atoms. The summed E-state index contributed by atoms with van der Waals surface area (Å²) in [6.45, 7) is 12.9. The van der Waals surface area contributed by atoms with E-state index in [4.69, 9.17) is 9.47 Å². The van der Waals surface area contributed by atoms with Gasteiger partial charge in [-0.15, -0.1) is 0 Å². The zero-order chi connectivity index (χ0) is 15.3. The molecule has 2 atom stereocenters. The van der Waals surface area contributed by atoms with E-state index in [1.807, 2.05) is 0 Å². The number of rotatable bonds is 7. The molecule has 2 unspecified atom stereocenters. The summed E-state index contributed by atoms with van der Waals surface area (Å²) >= 11 is 0. The van der Waals surface area contributed by atoms with E-state index < -0.39 is 0 Å². The summed E-state index contributed by atoms with van der Waals surface area (Å²) in [4.78, 5) is 0. The zero-order valence-corrected chi connectivity index (χ0v) is 14.5. The first-order valence-corrected chi connectivity index (χ1v) is 8.98. The molecule has 0 aromatic heterocycles. The van der Waals surface area contributed by atoms with Gasteiger partial charge in [-0.3, -0.25) is 0 Å². The maximum absolute atomic E-state index is 6.42. The molecular weight excluding hydrogens is 262 g/mol. The lowest BCUT2D eigenvalue weighted by atomic mass is 9.66. The molecule has 1 N–H and O–H groups in total. The van der Waals surface area contributed by atoms with Gasteiger partial charge in [0.2, 0.25) is 0 Å². The SMILES string of the molecule is CCCNC(C1CCOC1)C1(OCC)CCC(C)(C)CC1. The average Bonchev–Trinajstić information content (AvgIpc) is 2.97. The van der Waals surface area contributed by atoms with Crippen LogP contribution in [0.4, 0.5) is 0 Å². The summed E-state index contributed by atoms with van der Waals surface area (Å²) in [5, 5.41) is 3.83. The Morgan fingerprint density at radius 2 is 1.90 bits per heavy atom. The summed E-state index contributed by atoms with van der Waals surface area (Å²) in [6.07, 6.45) is 7.27. The lowest BCUT2D eigenvalue weighted by Crippen LogP contribution is -2.58. The summed E-state index contributed by atoms with van der Waals surface area (Å²) in [7, 11) is 0. The molecule has 3 heteroatoms. The first-order valence-electron chi connectivity index (χ1n) is 8.98. The minimum absolute atomic E-state index is 0.0256. The summed E-state index contributed by atoms with van der Waals surface area (Å²) in [5.74, 6) is 0.615. The van der Waals surface area contributed by atoms with Gasteiger partial charge in [-0.25, -0.2) is 0 Å². The van der Waals surface area contributed by atoms with Crippen LogP contribution in [0.2, 0.25) is 0 Å². The lowest BCUT2D eigenvalue weighted by molar-refractivity contribution is -0.117. The smallest absolute Gasteiger partial charge is 0.0838 e. The fourth-order valence-electron chi connectivity index (χ4n) is 4.08. The van der Waals surface area contributed by atoms with Gasteiger partial charge >= 0.3 is 0 Å². The van der Waals surface area contributed by atoms with E-state index in [1.165, 1.54) is 38.5 Å². The first-order chi connectivity index (χ1) is 10.0. The van der Waals surface area contributed by atoms with Crippen molar-refractivity contribution in [2.24, 2.45) is 11.3 Å². The van der Waals surface area contributed by atoms with Gasteiger partial charge in [0.05, 0.1) is 12.2 Å². The molecule has 0 bridgehead atoms. The Balaban J connectivity index is 2.14. The second-order valence-corrected chi connectivity index (χ2v) is 7.72. The van der Waals surface area contributed by atoms with Crippen molar-refractivity contribution >= 4 is 0 Å². The van der Waals surface area contributed by atoms with Gasteiger partial charge in [0.1, 0.15) is 0 Å². The van der Waals surface area contributed by atoms with Crippen molar-refractivity contribution in [3.05, 3.63) is 0 Å². The molecule has 2 fully saturated rings. The molecule has 124 valence electrons. The fraction of sp³-hybridized carbons (Fsp3) is 1.00. The van der Waals surface area contributed by atoms with Crippen LogP contribution in [0.15, 0.2) is 0 Å². The third kappa shape index (κ3) is 4.20. The van der Waals surface area contributed by atoms with Crippen LogP contribution in [0.1, 0.15) is 66.2 Å². The second-order valence-electron chi connectivity index (χ2n) is 7.72. The molecule has 2 rings (SSSR count). The molecule has 2 aliphatic rings. The first kappa shape index (κ1) is 17.2. The van der Waals surface area contributed by atoms with Gasteiger partial charge in [0, 0.05) is 25.2 Å². The highest BCUT2D eigenvalue weighted by Crippen LogP contribution is 2.45. The molecule has 1 aliphatic heterocycles. The van der Waals surface area contributed by atoms with E-state index in [9.17, 15) is 0 Å². The minimum Gasteiger partial charge on any atom is -0.381 e. The number of nitrogens with one attached hydrogen (secondary N) is 1. The molecular formula is C18H35NO2. The monoisotopic (exact) mass is 297 g/mol. The van der Waals surface area contributed by atoms with Crippen molar-refractivity contribution in [3.8, 4) is 0 Å². The quantitative estimate of drug-likeness (QED) is 0.776. The molecule has 1 saturated carbocycles. The predicted molar refractivity (Wildman–Crippen MR) is 87.6 cm³/mol. The highest BCUT2D eigenvalue weighted by molar-refractivity contribution is 5.02. The van der Waals surface area contributed by atoms with Gasteiger partial charge in [0.25, 0.3) is 0 Å². The molecule has 3 nitrogen and oxygen atoms in total. The molecule has 0 amide bonds. The lowest BCUT2D eigenvalue weighted by Gasteiger charge is -2.49. The van der Waals surface area contributed by atoms with Crippen LogP contribution in [0, 0.1) is 11.3 Å². The minimum atomic E-state index is 0.0256. The van der Waals surface area contributed by atoms with E-state index in [-0.39, 0.29) is 5.60 Å². The number of hydrogen-bond acceptors (Lipinski definition) is 3. The second kappa shape index (κ2) is 7.43. The van der Waals surface area contributed by atoms with Crippen LogP contribution in [0.5, 0.6) is 0 Å². The van der Waals surface area contributed by atoms with Crippen LogP contribution < -0.4 is 5.32 Å². The Hall–Kier alpha value is -0.120. The number of hydrogen-bond donors (Lipinski definition) is 1. The Morgan fingerprint density at radius 3 is 2.43 bits per heavy atom. The highest BCUT2D eigenvalue weighted by Gasteiger charge is 2.47. The van der Waals surface area contributed by atoms with E-state index in [0.29, 0.717) is 17.4 Å². The van der Waals surface area contributed by atoms with Gasteiger partial charge in [-0.05, 0) is 57.4 Å². The molecule has 1 saturated heterocycles. The molecule has 1 aliphatic carbocycles. The predicted octanol–water partition coefficient (Wildman–Crippen LogP) is 3.77. The third-order valence-electron chi connectivity index (χ3n) is 5.50. The van der Waals surface area contributed by atoms with E-state index >= 15 is 0 Å². The normalized spacial score (nSPS) is 29.4. The van der Waals surface area contributed by atoms with Crippen LogP contribution in [-0.4, -0.2) is 38.0 Å². The summed E-state index contributed by atoms with van der Waals surface area (Å²) in [6, 6.07) is 0.455. The van der Waals surface area contributed by atoms with Crippen molar-refractivity contribution in [1.82, 2.24) is 5.32 Å². The van der Waals surface area contributed by atoms with Gasteiger partial charge in [-0.1, -0.05) is 20.8 Å². The topological polar surface area (TPSA) is 30.5 Å². The van der Waals surface area contributed by atoms with Crippen molar-refractivity contribution in [1.29, 1.82) is 0 Å². The largest absolute Gasteiger partial charge is 0.381 e. The van der Waals surface area contributed by atoms with Crippen molar-refractivity contribution in [2.45, 2.75) is 77.9 Å². The van der Waals surface area contributed by atoms with Crippen LogP contribution in [0.3, 0.4) is 0 Å². The Kier molecular flexibility index (Phi) is 6.10. The van der Waals surface area contributed by atoms with Gasteiger partial charge in [-0.2, -0.15) is 0 Å². The van der Waals surface area contributed by atoms with Crippen LogP contribution >= 0.6 is 0 Å². The zero-order valence-electron chi connectivity index (χ0n) is 14.5. The van der Waals surface area contributed by atoms with Gasteiger partial charge in [0.15, 0.2) is 0 Å². The molecule has 1 heterocycles. The average molecular weight is 297 g/mol. The number of ether oxygens (including phenoxy) is 2. The molecule has 21 heavy (non-hydrogen) atoms. The highest BCUT2D eigenvalue weighted by atomic mass is 16.5. The van der Waals surface area contributed by atoms with Crippen LogP contribution in [-0.2, 0) is 9.47 Å². The van der Waals surface area contributed by atoms with Crippen molar-refractivity contribution < 1.29 is 9.47 Å². The fourth-order valence-corrected chi connectivity index (χ4v) is 4.08. The Bertz CT molecular complexity index is 300. The van der Waals surface area contributed by atoms with E-state index in [2.05, 4.69) is 33.0 Å². The molecule has 0 aromatic carbocycles. The van der Waals surface area contributed by atoms with E-state index in [1.54, 1.807) is 0 Å². The maximum atomic E-state index is 6.42. The summed E-state index contributed by atoms with van der Waals surface area (Å²) in [5.41, 5.74) is 0.500. The van der Waals surface area contributed by atoms with Gasteiger partial charge < -0.3 is 14.8 Å². The molecule has 0 aromatic rings. The van der Waals surface area contributed by atoms with Crippen LogP contribution in [0.25, 0.3) is 0 Å². The van der Waals surface area contributed by atoms with E-state index in [0.717, 1.165) is 26.4 Å².